The quantitative estimate of drug-likeness (QED) is 0.693. The number of anilines is 1. The van der Waals surface area contributed by atoms with Gasteiger partial charge in [0.2, 0.25) is 0 Å². The maximum absolute atomic E-state index is 12.0. The lowest BCUT2D eigenvalue weighted by molar-refractivity contribution is -0.118. The highest BCUT2D eigenvalue weighted by Crippen LogP contribution is 2.24. The number of aromatic nitrogens is 4. The first-order valence-corrected chi connectivity index (χ1v) is 8.38. The molecule has 3 aromatic rings. The Hall–Kier alpha value is -2.87. The summed E-state index contributed by atoms with van der Waals surface area (Å²) in [6.07, 6.45) is 3.47. The third-order valence-electron chi connectivity index (χ3n) is 3.20. The molecule has 2 aromatic carbocycles. The highest BCUT2D eigenvalue weighted by atomic mass is 32.2. The molecule has 1 N–H and O–H groups in total. The number of tetrazole rings is 1. The molecule has 24 heavy (non-hydrogen) atoms. The van der Waals surface area contributed by atoms with Gasteiger partial charge in [-0.2, -0.15) is 0 Å². The number of rotatable bonds is 6. The number of benzene rings is 2. The second-order valence-electron chi connectivity index (χ2n) is 4.79. The van der Waals surface area contributed by atoms with Gasteiger partial charge in [0.1, 0.15) is 12.1 Å². The Labute approximate surface area is 143 Å². The van der Waals surface area contributed by atoms with Crippen LogP contribution < -0.4 is 10.1 Å². The van der Waals surface area contributed by atoms with E-state index in [0.717, 1.165) is 16.3 Å². The van der Waals surface area contributed by atoms with E-state index in [1.807, 2.05) is 42.7 Å². The van der Waals surface area contributed by atoms with Gasteiger partial charge in [-0.15, -0.1) is 16.9 Å². The summed E-state index contributed by atoms with van der Waals surface area (Å²) >= 11 is 1.58. The number of para-hydroxylation sites is 1. The Morgan fingerprint density at radius 2 is 2.00 bits per heavy atom. The summed E-state index contributed by atoms with van der Waals surface area (Å²) < 4.78 is 7.04. The van der Waals surface area contributed by atoms with Crippen LogP contribution in [0.3, 0.4) is 0 Å². The molecule has 0 aliphatic rings. The molecule has 3 rings (SSSR count). The van der Waals surface area contributed by atoms with Gasteiger partial charge in [0.15, 0.2) is 6.61 Å². The van der Waals surface area contributed by atoms with Gasteiger partial charge in [0.05, 0.1) is 11.4 Å². The fourth-order valence-corrected chi connectivity index (χ4v) is 2.61. The SMILES string of the molecule is CSc1ccccc1NC(=O)COc1ccc(-n2cnnn2)cc1. The van der Waals surface area contributed by atoms with Crippen LogP contribution in [0.15, 0.2) is 59.8 Å². The maximum atomic E-state index is 12.0. The third kappa shape index (κ3) is 3.90. The molecule has 0 bridgehead atoms. The molecule has 1 aromatic heterocycles. The van der Waals surface area contributed by atoms with Crippen LogP contribution in [-0.2, 0) is 4.79 Å². The van der Waals surface area contributed by atoms with E-state index in [9.17, 15) is 4.79 Å². The van der Waals surface area contributed by atoms with Crippen LogP contribution >= 0.6 is 11.8 Å². The van der Waals surface area contributed by atoms with Crippen molar-refractivity contribution in [3.05, 3.63) is 54.9 Å². The van der Waals surface area contributed by atoms with Crippen LogP contribution in [0.1, 0.15) is 0 Å². The number of hydrogen-bond donors (Lipinski definition) is 1. The number of amides is 1. The summed E-state index contributed by atoms with van der Waals surface area (Å²) in [6, 6.07) is 14.8. The Morgan fingerprint density at radius 1 is 1.21 bits per heavy atom. The van der Waals surface area contributed by atoms with Gasteiger partial charge in [0, 0.05) is 4.90 Å². The molecule has 0 aliphatic carbocycles. The van der Waals surface area contributed by atoms with Gasteiger partial charge in [-0.05, 0) is 53.1 Å². The topological polar surface area (TPSA) is 81.9 Å². The van der Waals surface area contributed by atoms with Crippen molar-refractivity contribution in [2.75, 3.05) is 18.2 Å². The molecule has 7 nitrogen and oxygen atoms in total. The lowest BCUT2D eigenvalue weighted by Crippen LogP contribution is -2.20. The maximum Gasteiger partial charge on any atom is 0.262 e. The van der Waals surface area contributed by atoms with Gasteiger partial charge < -0.3 is 10.1 Å². The van der Waals surface area contributed by atoms with E-state index in [4.69, 9.17) is 4.74 Å². The van der Waals surface area contributed by atoms with Crippen LogP contribution in [0.25, 0.3) is 5.69 Å². The molecule has 1 heterocycles. The minimum atomic E-state index is -0.207. The van der Waals surface area contributed by atoms with E-state index < -0.39 is 0 Å². The molecule has 0 fully saturated rings. The molecule has 0 saturated heterocycles. The standard InChI is InChI=1S/C16H15N5O2S/c1-24-15-5-3-2-4-14(15)18-16(22)10-23-13-8-6-12(7-9-13)21-11-17-19-20-21/h2-9,11H,10H2,1H3,(H,18,22). The zero-order valence-electron chi connectivity index (χ0n) is 12.9. The highest BCUT2D eigenvalue weighted by Gasteiger charge is 2.07. The molecule has 0 radical (unpaired) electrons. The summed E-state index contributed by atoms with van der Waals surface area (Å²) in [5.74, 6) is 0.390. The molecular formula is C16H15N5O2S. The van der Waals surface area contributed by atoms with Gasteiger partial charge in [0.25, 0.3) is 5.91 Å². The van der Waals surface area contributed by atoms with Crippen LogP contribution in [0.2, 0.25) is 0 Å². The molecule has 1 amide bonds. The minimum absolute atomic E-state index is 0.0626. The molecule has 0 aliphatic heterocycles. The summed E-state index contributed by atoms with van der Waals surface area (Å²) in [7, 11) is 0. The largest absolute Gasteiger partial charge is 0.484 e. The molecule has 0 saturated carbocycles. The van der Waals surface area contributed by atoms with E-state index in [-0.39, 0.29) is 12.5 Å². The average molecular weight is 341 g/mol. The van der Waals surface area contributed by atoms with Crippen LogP contribution in [0.5, 0.6) is 5.75 Å². The first-order chi connectivity index (χ1) is 11.8. The molecule has 8 heteroatoms. The number of nitrogens with zero attached hydrogens (tertiary/aromatic N) is 4. The van der Waals surface area contributed by atoms with Crippen LogP contribution in [0, 0.1) is 0 Å². The first kappa shape index (κ1) is 16.0. The number of ether oxygens (including phenoxy) is 1. The normalized spacial score (nSPS) is 10.4. The van der Waals surface area contributed by atoms with Crippen LogP contribution in [-0.4, -0.2) is 39.0 Å². The van der Waals surface area contributed by atoms with Crippen molar-refractivity contribution >= 4 is 23.4 Å². The van der Waals surface area contributed by atoms with Crippen molar-refractivity contribution in [1.29, 1.82) is 0 Å². The molecule has 0 atom stereocenters. The van der Waals surface area contributed by atoms with E-state index in [1.54, 1.807) is 23.9 Å². The first-order valence-electron chi connectivity index (χ1n) is 7.15. The fraction of sp³-hybridized carbons (Fsp3) is 0.125. The lowest BCUT2D eigenvalue weighted by atomic mass is 10.3. The zero-order chi connectivity index (χ0) is 16.8. The minimum Gasteiger partial charge on any atom is -0.484 e. The molecule has 0 spiro atoms. The summed E-state index contributed by atoms with van der Waals surface area (Å²) in [5, 5.41) is 13.8. The van der Waals surface area contributed by atoms with Crippen molar-refractivity contribution in [2.24, 2.45) is 0 Å². The number of nitrogens with one attached hydrogen (secondary N) is 1. The van der Waals surface area contributed by atoms with Crippen molar-refractivity contribution in [2.45, 2.75) is 4.90 Å². The van der Waals surface area contributed by atoms with Gasteiger partial charge in [-0.25, -0.2) is 4.68 Å². The van der Waals surface area contributed by atoms with Crippen molar-refractivity contribution in [3.63, 3.8) is 0 Å². The molecule has 122 valence electrons. The van der Waals surface area contributed by atoms with Crippen LogP contribution in [0.4, 0.5) is 5.69 Å². The van der Waals surface area contributed by atoms with Crippen molar-refractivity contribution in [1.82, 2.24) is 20.2 Å². The van der Waals surface area contributed by atoms with Crippen molar-refractivity contribution < 1.29 is 9.53 Å². The zero-order valence-corrected chi connectivity index (χ0v) is 13.7. The number of carbonyl (C=O) groups excluding carboxylic acids is 1. The second-order valence-corrected chi connectivity index (χ2v) is 5.63. The predicted octanol–water partition coefficient (Wildman–Crippen LogP) is 2.40. The molecule has 0 unspecified atom stereocenters. The summed E-state index contributed by atoms with van der Waals surface area (Å²) in [5.41, 5.74) is 1.60. The smallest absolute Gasteiger partial charge is 0.262 e. The molecular weight excluding hydrogens is 326 g/mol. The van der Waals surface area contributed by atoms with Gasteiger partial charge in [-0.3, -0.25) is 4.79 Å². The van der Waals surface area contributed by atoms with Gasteiger partial charge >= 0.3 is 0 Å². The Bertz CT molecular complexity index is 806. The highest BCUT2D eigenvalue weighted by molar-refractivity contribution is 7.98. The van der Waals surface area contributed by atoms with E-state index in [0.29, 0.717) is 5.75 Å². The van der Waals surface area contributed by atoms with E-state index >= 15 is 0 Å². The third-order valence-corrected chi connectivity index (χ3v) is 4.00. The van der Waals surface area contributed by atoms with Crippen molar-refractivity contribution in [3.8, 4) is 11.4 Å². The van der Waals surface area contributed by atoms with Gasteiger partial charge in [-0.1, -0.05) is 12.1 Å². The number of carbonyl (C=O) groups is 1. The number of hydrogen-bond acceptors (Lipinski definition) is 6. The Kier molecular flexibility index (Phi) is 5.07. The lowest BCUT2D eigenvalue weighted by Gasteiger charge is -2.10. The summed E-state index contributed by atoms with van der Waals surface area (Å²) in [6.45, 7) is -0.0626. The predicted molar refractivity (Wildman–Crippen MR) is 91.5 cm³/mol. The Morgan fingerprint density at radius 3 is 2.71 bits per heavy atom. The fourth-order valence-electron chi connectivity index (χ4n) is 2.06. The van der Waals surface area contributed by atoms with E-state index in [1.165, 1.54) is 11.0 Å². The average Bonchev–Trinajstić information content (AvgIpc) is 3.15. The Balaban J connectivity index is 1.56. The summed E-state index contributed by atoms with van der Waals surface area (Å²) in [4.78, 5) is 13.0. The number of thioether (sulfide) groups is 1. The van der Waals surface area contributed by atoms with E-state index in [2.05, 4.69) is 20.8 Å². The second kappa shape index (κ2) is 7.60. The monoisotopic (exact) mass is 341 g/mol.